The van der Waals surface area contributed by atoms with Gasteiger partial charge in [-0.2, -0.15) is 5.26 Å². The van der Waals surface area contributed by atoms with E-state index in [0.29, 0.717) is 47.5 Å². The summed E-state index contributed by atoms with van der Waals surface area (Å²) in [5.74, 6) is -0.0489. The summed E-state index contributed by atoms with van der Waals surface area (Å²) in [6.45, 7) is 2.97. The van der Waals surface area contributed by atoms with Gasteiger partial charge in [-0.15, -0.1) is 0 Å². The van der Waals surface area contributed by atoms with Crippen molar-refractivity contribution in [1.29, 1.82) is 5.26 Å². The molecule has 1 aromatic heterocycles. The monoisotopic (exact) mass is 479 g/mol. The lowest BCUT2D eigenvalue weighted by Gasteiger charge is -2.32. The van der Waals surface area contributed by atoms with E-state index in [1.807, 2.05) is 7.05 Å². The van der Waals surface area contributed by atoms with Crippen molar-refractivity contribution in [2.75, 3.05) is 33.2 Å². The largest absolute Gasteiger partial charge is 0.464 e. The summed E-state index contributed by atoms with van der Waals surface area (Å²) in [6, 6.07) is 7.66. The minimum Gasteiger partial charge on any atom is -0.464 e. The van der Waals surface area contributed by atoms with E-state index in [0.717, 1.165) is 32.4 Å². The van der Waals surface area contributed by atoms with Gasteiger partial charge in [0.15, 0.2) is 0 Å². The summed E-state index contributed by atoms with van der Waals surface area (Å²) in [7, 11) is 2.03. The standard InChI is InChI=1S/C26H30FN5O3/c1-31-6-8-32(9-7-31)26(34)19-13-23(35-15-19)17-3-2-16(22(27)12-17)10-21(14-28)30-25(33)24-18-4-5-20(11-18)29-24/h2-3,12-13,15,18,20-21,24,29H,4-11H2,1H3,(H,30,33)/t18-,20+,21-,24-/m0/s1. The Morgan fingerprint density at radius 1 is 1.26 bits per heavy atom. The van der Waals surface area contributed by atoms with E-state index in [2.05, 4.69) is 21.6 Å². The molecule has 2 bridgehead atoms. The molecule has 2 saturated heterocycles. The van der Waals surface area contributed by atoms with Crippen LogP contribution in [0.3, 0.4) is 0 Å². The SMILES string of the molecule is CN1CCN(C(=O)c2coc(-c3ccc(C[C@@H](C#N)NC(=O)[C@H]4N[C@@H]5CC[C@H]4C5)c(F)c3)c2)CC1. The number of halogens is 1. The van der Waals surface area contributed by atoms with Gasteiger partial charge in [0.2, 0.25) is 5.91 Å². The number of hydrogen-bond acceptors (Lipinski definition) is 6. The van der Waals surface area contributed by atoms with E-state index in [1.165, 1.54) is 12.3 Å². The molecule has 2 N–H and O–H groups in total. The Kier molecular flexibility index (Phi) is 6.58. The zero-order valence-electron chi connectivity index (χ0n) is 19.8. The molecule has 8 nitrogen and oxygen atoms in total. The summed E-state index contributed by atoms with van der Waals surface area (Å²) in [6.07, 6.45) is 4.60. The molecule has 4 atom stereocenters. The number of nitrogens with one attached hydrogen (secondary N) is 2. The van der Waals surface area contributed by atoms with Crippen molar-refractivity contribution in [2.45, 2.75) is 43.8 Å². The number of rotatable bonds is 6. The van der Waals surface area contributed by atoms with Crippen LogP contribution in [0.2, 0.25) is 0 Å². The van der Waals surface area contributed by atoms with Crippen LogP contribution in [0.5, 0.6) is 0 Å². The second-order valence-electron chi connectivity index (χ2n) is 9.91. The lowest BCUT2D eigenvalue weighted by atomic mass is 9.98. The molecule has 2 aliphatic heterocycles. The van der Waals surface area contributed by atoms with Crippen LogP contribution in [0.1, 0.15) is 35.2 Å². The number of carbonyl (C=O) groups excluding carboxylic acids is 2. The zero-order chi connectivity index (χ0) is 24.5. The molecule has 1 aliphatic carbocycles. The first-order valence-corrected chi connectivity index (χ1v) is 12.2. The van der Waals surface area contributed by atoms with E-state index in [4.69, 9.17) is 4.42 Å². The molecule has 1 saturated carbocycles. The average molecular weight is 480 g/mol. The maximum atomic E-state index is 14.9. The van der Waals surface area contributed by atoms with E-state index in [1.54, 1.807) is 23.1 Å². The van der Waals surface area contributed by atoms with Crippen molar-refractivity contribution in [3.8, 4) is 17.4 Å². The van der Waals surface area contributed by atoms with Gasteiger partial charge in [-0.3, -0.25) is 9.59 Å². The smallest absolute Gasteiger partial charge is 0.257 e. The Bertz CT molecular complexity index is 1150. The molecule has 184 valence electrons. The number of carbonyl (C=O) groups is 2. The van der Waals surface area contributed by atoms with Gasteiger partial charge in [-0.1, -0.05) is 12.1 Å². The highest BCUT2D eigenvalue weighted by Crippen LogP contribution is 2.35. The average Bonchev–Trinajstić information content (AvgIpc) is 3.62. The van der Waals surface area contributed by atoms with Crippen molar-refractivity contribution < 1.29 is 18.4 Å². The number of nitrogens with zero attached hydrogens (tertiary/aromatic N) is 3. The fraction of sp³-hybridized carbons (Fsp3) is 0.500. The summed E-state index contributed by atoms with van der Waals surface area (Å²) in [5.41, 5.74) is 1.28. The number of piperazine rings is 1. The van der Waals surface area contributed by atoms with E-state index >= 15 is 0 Å². The Balaban J connectivity index is 1.22. The minimum atomic E-state index is -0.819. The van der Waals surface area contributed by atoms with Crippen molar-refractivity contribution in [3.63, 3.8) is 0 Å². The van der Waals surface area contributed by atoms with Gasteiger partial charge in [-0.05, 0) is 49.9 Å². The van der Waals surface area contributed by atoms with E-state index < -0.39 is 11.9 Å². The van der Waals surface area contributed by atoms with Crippen LogP contribution in [0.25, 0.3) is 11.3 Å². The number of fused-ring (bicyclic) bond motifs is 2. The lowest BCUT2D eigenvalue weighted by molar-refractivity contribution is -0.124. The lowest BCUT2D eigenvalue weighted by Crippen LogP contribution is -2.50. The molecule has 0 spiro atoms. The first kappa shape index (κ1) is 23.5. The third-order valence-corrected chi connectivity index (χ3v) is 7.51. The molecule has 5 rings (SSSR count). The van der Waals surface area contributed by atoms with Gasteiger partial charge in [0.05, 0.1) is 17.7 Å². The van der Waals surface area contributed by atoms with Crippen LogP contribution >= 0.6 is 0 Å². The van der Waals surface area contributed by atoms with Crippen LogP contribution < -0.4 is 10.6 Å². The maximum absolute atomic E-state index is 14.9. The number of nitriles is 1. The Morgan fingerprint density at radius 3 is 2.71 bits per heavy atom. The molecule has 2 amide bonds. The summed E-state index contributed by atoms with van der Waals surface area (Å²) in [5, 5.41) is 15.6. The molecule has 35 heavy (non-hydrogen) atoms. The predicted octanol–water partition coefficient (Wildman–Crippen LogP) is 2.16. The molecular formula is C26H30FN5O3. The second-order valence-corrected chi connectivity index (χ2v) is 9.91. The van der Waals surface area contributed by atoms with E-state index in [-0.39, 0.29) is 24.3 Å². The summed E-state index contributed by atoms with van der Waals surface area (Å²) >= 11 is 0. The second kappa shape index (κ2) is 9.80. The molecule has 3 aliphatic rings. The number of benzene rings is 1. The predicted molar refractivity (Wildman–Crippen MR) is 127 cm³/mol. The van der Waals surface area contributed by atoms with Gasteiger partial charge in [-0.25, -0.2) is 4.39 Å². The van der Waals surface area contributed by atoms with Crippen LogP contribution in [0, 0.1) is 23.1 Å². The molecule has 3 fully saturated rings. The van der Waals surface area contributed by atoms with Crippen LogP contribution in [-0.4, -0.2) is 73.0 Å². The Hall–Kier alpha value is -3.22. The van der Waals surface area contributed by atoms with Gasteiger partial charge in [0.25, 0.3) is 5.91 Å². The fourth-order valence-corrected chi connectivity index (χ4v) is 5.42. The number of amides is 2. The van der Waals surface area contributed by atoms with Crippen molar-refractivity contribution in [1.82, 2.24) is 20.4 Å². The normalized spacial score (nSPS) is 24.8. The molecular weight excluding hydrogens is 449 g/mol. The van der Waals surface area contributed by atoms with Gasteiger partial charge in [0.1, 0.15) is 23.9 Å². The molecule has 9 heteroatoms. The quantitative estimate of drug-likeness (QED) is 0.659. The highest BCUT2D eigenvalue weighted by atomic mass is 19.1. The van der Waals surface area contributed by atoms with E-state index in [9.17, 15) is 19.2 Å². The third kappa shape index (κ3) is 4.95. The van der Waals surface area contributed by atoms with Gasteiger partial charge >= 0.3 is 0 Å². The molecule has 1 aromatic carbocycles. The first-order valence-electron chi connectivity index (χ1n) is 12.2. The minimum absolute atomic E-state index is 0.0699. The van der Waals surface area contributed by atoms with Crippen LogP contribution in [-0.2, 0) is 11.2 Å². The Morgan fingerprint density at radius 2 is 2.06 bits per heavy atom. The zero-order valence-corrected chi connectivity index (χ0v) is 19.8. The number of hydrogen-bond donors (Lipinski definition) is 2. The van der Waals surface area contributed by atoms with Crippen LogP contribution in [0.4, 0.5) is 4.39 Å². The molecule has 2 aromatic rings. The topological polar surface area (TPSA) is 102 Å². The number of piperidine rings is 1. The highest BCUT2D eigenvalue weighted by molar-refractivity contribution is 5.95. The fourth-order valence-electron chi connectivity index (χ4n) is 5.42. The maximum Gasteiger partial charge on any atom is 0.257 e. The number of furan rings is 1. The molecule has 0 radical (unpaired) electrons. The van der Waals surface area contributed by atoms with Gasteiger partial charge < -0.3 is 24.9 Å². The first-order chi connectivity index (χ1) is 16.9. The van der Waals surface area contributed by atoms with Crippen molar-refractivity contribution >= 4 is 11.8 Å². The van der Waals surface area contributed by atoms with Gasteiger partial charge in [0, 0.05) is 44.2 Å². The molecule has 0 unspecified atom stereocenters. The van der Waals surface area contributed by atoms with Crippen molar-refractivity contribution in [3.05, 3.63) is 47.5 Å². The Labute approximate surface area is 204 Å². The number of likely N-dealkylation sites (N-methyl/N-ethyl adjacent to an activating group) is 1. The van der Waals surface area contributed by atoms with Crippen molar-refractivity contribution in [2.24, 2.45) is 5.92 Å². The van der Waals surface area contributed by atoms with Crippen LogP contribution in [0.15, 0.2) is 34.9 Å². The third-order valence-electron chi connectivity index (χ3n) is 7.51. The summed E-state index contributed by atoms with van der Waals surface area (Å²) < 4.78 is 20.5. The highest BCUT2D eigenvalue weighted by Gasteiger charge is 2.43. The summed E-state index contributed by atoms with van der Waals surface area (Å²) in [4.78, 5) is 29.4. The molecule has 3 heterocycles.